The maximum atomic E-state index is 11.2. The highest BCUT2D eigenvalue weighted by atomic mass is 32.1. The molecule has 5 heteroatoms. The number of piperidine rings is 1. The van der Waals surface area contributed by atoms with Crippen LogP contribution in [-0.4, -0.2) is 29.1 Å². The molecule has 1 aromatic heterocycles. The van der Waals surface area contributed by atoms with E-state index in [1.54, 1.807) is 11.3 Å². The fourth-order valence-electron chi connectivity index (χ4n) is 3.03. The number of aryl methyl sites for hydroxylation is 1. The van der Waals surface area contributed by atoms with Crippen molar-refractivity contribution in [2.45, 2.75) is 39.0 Å². The Morgan fingerprint density at radius 1 is 1.37 bits per heavy atom. The number of rotatable bonds is 2. The number of anilines is 1. The van der Waals surface area contributed by atoms with Crippen LogP contribution in [0, 0.1) is 11.8 Å². The van der Waals surface area contributed by atoms with Gasteiger partial charge < -0.3 is 10.0 Å². The molecular formula is C14H20N2O2S. The predicted molar refractivity (Wildman–Crippen MR) is 76.0 cm³/mol. The zero-order valence-electron chi connectivity index (χ0n) is 11.4. The molecule has 0 aromatic carbocycles. The average Bonchev–Trinajstić information content (AvgIpc) is 2.91. The molecule has 19 heavy (non-hydrogen) atoms. The number of thiazole rings is 1. The molecule has 0 bridgehead atoms. The minimum atomic E-state index is -0.726. The third kappa shape index (κ3) is 2.24. The second-order valence-electron chi connectivity index (χ2n) is 5.92. The summed E-state index contributed by atoms with van der Waals surface area (Å²) in [5.41, 5.74) is 0.832. The molecule has 1 aliphatic carbocycles. The molecule has 1 aromatic rings. The summed E-state index contributed by atoms with van der Waals surface area (Å²) >= 11 is 1.70. The van der Waals surface area contributed by atoms with Gasteiger partial charge in [0.25, 0.3) is 0 Å². The normalized spacial score (nSPS) is 30.4. The van der Waals surface area contributed by atoms with Crippen molar-refractivity contribution >= 4 is 22.4 Å². The molecule has 1 saturated heterocycles. The molecule has 0 spiro atoms. The van der Waals surface area contributed by atoms with Crippen LogP contribution in [0.15, 0.2) is 0 Å². The van der Waals surface area contributed by atoms with Gasteiger partial charge in [0.05, 0.1) is 5.69 Å². The van der Waals surface area contributed by atoms with Gasteiger partial charge in [-0.25, -0.2) is 4.98 Å². The van der Waals surface area contributed by atoms with Gasteiger partial charge in [-0.15, -0.1) is 11.3 Å². The highest BCUT2D eigenvalue weighted by Crippen LogP contribution is 2.40. The number of fused-ring (bicyclic) bond motifs is 1. The number of carboxylic acid groups (broad SMARTS) is 1. The van der Waals surface area contributed by atoms with Gasteiger partial charge >= 0.3 is 5.97 Å². The van der Waals surface area contributed by atoms with Crippen molar-refractivity contribution in [2.24, 2.45) is 11.8 Å². The third-order valence-electron chi connectivity index (χ3n) is 4.61. The monoisotopic (exact) mass is 280 g/mol. The lowest BCUT2D eigenvalue weighted by atomic mass is 9.89. The van der Waals surface area contributed by atoms with Gasteiger partial charge in [-0.2, -0.15) is 0 Å². The minimum absolute atomic E-state index is 0.374. The maximum Gasteiger partial charge on any atom is 0.312 e. The lowest BCUT2D eigenvalue weighted by molar-refractivity contribution is -0.138. The Balaban J connectivity index is 1.81. The average molecular weight is 280 g/mol. The van der Waals surface area contributed by atoms with Crippen molar-refractivity contribution in [2.75, 3.05) is 18.0 Å². The third-order valence-corrected chi connectivity index (χ3v) is 5.80. The Labute approximate surface area is 117 Å². The van der Waals surface area contributed by atoms with E-state index in [9.17, 15) is 9.90 Å². The van der Waals surface area contributed by atoms with Gasteiger partial charge in [-0.1, -0.05) is 13.8 Å². The molecule has 2 heterocycles. The van der Waals surface area contributed by atoms with Crippen molar-refractivity contribution in [1.82, 2.24) is 4.98 Å². The smallest absolute Gasteiger partial charge is 0.312 e. The number of carboxylic acids is 1. The van der Waals surface area contributed by atoms with Crippen LogP contribution in [0.2, 0.25) is 0 Å². The first-order valence-corrected chi connectivity index (χ1v) is 7.85. The van der Waals surface area contributed by atoms with Crippen LogP contribution < -0.4 is 4.90 Å². The number of hydrogen-bond donors (Lipinski definition) is 1. The van der Waals surface area contributed by atoms with Crippen molar-refractivity contribution in [3.8, 4) is 0 Å². The van der Waals surface area contributed by atoms with Crippen LogP contribution in [0.5, 0.6) is 0 Å². The fourth-order valence-corrected chi connectivity index (χ4v) is 4.20. The van der Waals surface area contributed by atoms with Crippen LogP contribution >= 0.6 is 11.3 Å². The van der Waals surface area contributed by atoms with E-state index in [0.29, 0.717) is 5.92 Å². The first kappa shape index (κ1) is 12.9. The van der Waals surface area contributed by atoms with E-state index in [4.69, 9.17) is 0 Å². The highest BCUT2D eigenvalue weighted by molar-refractivity contribution is 7.15. The second kappa shape index (κ2) is 4.78. The molecule has 1 fully saturated rings. The molecule has 1 aliphatic heterocycles. The molecular weight excluding hydrogens is 260 g/mol. The van der Waals surface area contributed by atoms with Gasteiger partial charge in [0.15, 0.2) is 5.13 Å². The summed E-state index contributed by atoms with van der Waals surface area (Å²) in [5, 5.41) is 10.2. The van der Waals surface area contributed by atoms with Gasteiger partial charge in [-0.3, -0.25) is 4.79 Å². The summed E-state index contributed by atoms with van der Waals surface area (Å²) in [6, 6.07) is 0. The summed E-state index contributed by atoms with van der Waals surface area (Å²) in [5.74, 6) is 0.356. The SMILES string of the molecule is CC1CCN(c2nc3c(s2)CCC3C(=O)O)CC1C. The van der Waals surface area contributed by atoms with E-state index in [-0.39, 0.29) is 5.92 Å². The van der Waals surface area contributed by atoms with E-state index < -0.39 is 5.97 Å². The molecule has 3 unspecified atom stereocenters. The molecule has 0 amide bonds. The fraction of sp³-hybridized carbons (Fsp3) is 0.714. The molecule has 4 nitrogen and oxygen atoms in total. The Bertz CT molecular complexity index is 500. The highest BCUT2D eigenvalue weighted by Gasteiger charge is 2.34. The van der Waals surface area contributed by atoms with E-state index in [1.165, 1.54) is 11.3 Å². The zero-order valence-corrected chi connectivity index (χ0v) is 12.2. The van der Waals surface area contributed by atoms with Crippen molar-refractivity contribution in [3.05, 3.63) is 10.6 Å². The van der Waals surface area contributed by atoms with Gasteiger partial charge in [0.1, 0.15) is 5.92 Å². The topological polar surface area (TPSA) is 53.4 Å². The van der Waals surface area contributed by atoms with E-state index in [2.05, 4.69) is 23.7 Å². The summed E-state index contributed by atoms with van der Waals surface area (Å²) in [6.07, 6.45) is 2.80. The maximum absolute atomic E-state index is 11.2. The van der Waals surface area contributed by atoms with Crippen molar-refractivity contribution in [1.29, 1.82) is 0 Å². The Hall–Kier alpha value is -1.10. The van der Waals surface area contributed by atoms with Crippen molar-refractivity contribution < 1.29 is 9.90 Å². The van der Waals surface area contributed by atoms with Gasteiger partial charge in [-0.05, 0) is 31.1 Å². The van der Waals surface area contributed by atoms with Crippen molar-refractivity contribution in [3.63, 3.8) is 0 Å². The second-order valence-corrected chi connectivity index (χ2v) is 6.99. The molecule has 0 radical (unpaired) electrons. The molecule has 104 valence electrons. The summed E-state index contributed by atoms with van der Waals surface area (Å²) in [4.78, 5) is 19.4. The number of carbonyl (C=O) groups is 1. The van der Waals surface area contributed by atoms with Crippen LogP contribution in [0.4, 0.5) is 5.13 Å². The first-order valence-electron chi connectivity index (χ1n) is 7.03. The minimum Gasteiger partial charge on any atom is -0.481 e. The summed E-state index contributed by atoms with van der Waals surface area (Å²) in [7, 11) is 0. The molecule has 2 aliphatic rings. The Morgan fingerprint density at radius 2 is 2.16 bits per heavy atom. The lowest BCUT2D eigenvalue weighted by Gasteiger charge is -2.35. The molecule has 0 saturated carbocycles. The number of nitrogens with zero attached hydrogens (tertiary/aromatic N) is 2. The Kier molecular flexibility index (Phi) is 3.25. The van der Waals surface area contributed by atoms with E-state index in [0.717, 1.165) is 42.7 Å². The molecule has 3 rings (SSSR count). The molecule has 3 atom stereocenters. The van der Waals surface area contributed by atoms with Gasteiger partial charge in [0.2, 0.25) is 0 Å². The summed E-state index contributed by atoms with van der Waals surface area (Å²) in [6.45, 7) is 6.70. The largest absolute Gasteiger partial charge is 0.481 e. The lowest BCUT2D eigenvalue weighted by Crippen LogP contribution is -2.38. The van der Waals surface area contributed by atoms with E-state index >= 15 is 0 Å². The Morgan fingerprint density at radius 3 is 2.84 bits per heavy atom. The predicted octanol–water partition coefficient (Wildman–Crippen LogP) is 2.74. The molecule has 1 N–H and O–H groups in total. The number of aromatic nitrogens is 1. The van der Waals surface area contributed by atoms with E-state index in [1.807, 2.05) is 0 Å². The quantitative estimate of drug-likeness (QED) is 0.905. The van der Waals surface area contributed by atoms with Crippen LogP contribution in [-0.2, 0) is 11.2 Å². The number of hydrogen-bond acceptors (Lipinski definition) is 4. The van der Waals surface area contributed by atoms with Crippen LogP contribution in [0.25, 0.3) is 0 Å². The zero-order chi connectivity index (χ0) is 13.6. The summed E-state index contributed by atoms with van der Waals surface area (Å²) < 4.78 is 0. The van der Waals surface area contributed by atoms with Gasteiger partial charge in [0, 0.05) is 18.0 Å². The van der Waals surface area contributed by atoms with Crippen LogP contribution in [0.1, 0.15) is 43.2 Å². The first-order chi connectivity index (χ1) is 9.06. The standard InChI is InChI=1S/C14H20N2O2S/c1-8-5-6-16(7-9(8)2)14-15-12-10(13(17)18)3-4-11(12)19-14/h8-10H,3-7H2,1-2H3,(H,17,18). The van der Waals surface area contributed by atoms with Crippen LogP contribution in [0.3, 0.4) is 0 Å². The number of aliphatic carboxylic acids is 1.